The Morgan fingerprint density at radius 2 is 2.00 bits per heavy atom. The van der Waals surface area contributed by atoms with Gasteiger partial charge < -0.3 is 9.84 Å². The van der Waals surface area contributed by atoms with Gasteiger partial charge in [0, 0.05) is 5.92 Å². The quantitative estimate of drug-likeness (QED) is 0.791. The average molecular weight is 220 g/mol. The molecule has 0 heterocycles. The Labute approximate surface area is 95.0 Å². The molecule has 0 aliphatic heterocycles. The van der Waals surface area contributed by atoms with Gasteiger partial charge in [-0.05, 0) is 18.4 Å². The normalized spacial score (nSPS) is 19.6. The van der Waals surface area contributed by atoms with Crippen LogP contribution in [0, 0.1) is 5.92 Å². The van der Waals surface area contributed by atoms with Crippen molar-refractivity contribution in [2.45, 2.75) is 24.9 Å². The first-order chi connectivity index (χ1) is 7.69. The number of carbonyl (C=O) groups excluding carboxylic acids is 1. The summed E-state index contributed by atoms with van der Waals surface area (Å²) < 4.78 is 4.74. The molecule has 0 bridgehead atoms. The SMILES string of the molecule is COC(=O)[C@](O)(c1ccccc1)C1CCC1. The zero-order chi connectivity index (χ0) is 11.6. The molecule has 0 spiro atoms. The van der Waals surface area contributed by atoms with Gasteiger partial charge >= 0.3 is 5.97 Å². The Hall–Kier alpha value is -1.35. The van der Waals surface area contributed by atoms with Crippen molar-refractivity contribution in [3.63, 3.8) is 0 Å². The smallest absolute Gasteiger partial charge is 0.342 e. The molecule has 1 saturated carbocycles. The minimum atomic E-state index is -1.46. The highest BCUT2D eigenvalue weighted by Crippen LogP contribution is 2.43. The van der Waals surface area contributed by atoms with Crippen molar-refractivity contribution in [1.29, 1.82) is 0 Å². The van der Waals surface area contributed by atoms with Gasteiger partial charge in [-0.25, -0.2) is 4.79 Å². The first-order valence-corrected chi connectivity index (χ1v) is 5.56. The fourth-order valence-corrected chi connectivity index (χ4v) is 2.19. The van der Waals surface area contributed by atoms with Crippen molar-refractivity contribution < 1.29 is 14.6 Å². The van der Waals surface area contributed by atoms with Crippen molar-refractivity contribution in [3.05, 3.63) is 35.9 Å². The second kappa shape index (κ2) is 4.26. The van der Waals surface area contributed by atoms with Crippen LogP contribution in [0.3, 0.4) is 0 Å². The van der Waals surface area contributed by atoms with Crippen molar-refractivity contribution in [2.75, 3.05) is 7.11 Å². The zero-order valence-electron chi connectivity index (χ0n) is 9.35. The van der Waals surface area contributed by atoms with Gasteiger partial charge in [0.2, 0.25) is 0 Å². The molecule has 1 fully saturated rings. The summed E-state index contributed by atoms with van der Waals surface area (Å²) in [6.45, 7) is 0. The highest BCUT2D eigenvalue weighted by molar-refractivity contribution is 5.81. The molecule has 1 atom stereocenters. The van der Waals surface area contributed by atoms with Crippen molar-refractivity contribution in [2.24, 2.45) is 5.92 Å². The van der Waals surface area contributed by atoms with Gasteiger partial charge in [0.15, 0.2) is 5.60 Å². The van der Waals surface area contributed by atoms with Gasteiger partial charge in [-0.15, -0.1) is 0 Å². The lowest BCUT2D eigenvalue weighted by molar-refractivity contribution is -0.175. The Morgan fingerprint density at radius 3 is 2.44 bits per heavy atom. The predicted molar refractivity (Wildman–Crippen MR) is 59.7 cm³/mol. The summed E-state index contributed by atoms with van der Waals surface area (Å²) in [6, 6.07) is 9.05. The maximum absolute atomic E-state index is 11.8. The third kappa shape index (κ3) is 1.61. The number of rotatable bonds is 3. The largest absolute Gasteiger partial charge is 0.467 e. The summed E-state index contributed by atoms with van der Waals surface area (Å²) in [5.41, 5.74) is -0.833. The fourth-order valence-electron chi connectivity index (χ4n) is 2.19. The van der Waals surface area contributed by atoms with E-state index in [1.54, 1.807) is 12.1 Å². The Balaban J connectivity index is 2.37. The van der Waals surface area contributed by atoms with Gasteiger partial charge in [0.1, 0.15) is 0 Å². The van der Waals surface area contributed by atoms with E-state index < -0.39 is 11.6 Å². The summed E-state index contributed by atoms with van der Waals surface area (Å²) in [5, 5.41) is 10.6. The van der Waals surface area contributed by atoms with Gasteiger partial charge in [0.05, 0.1) is 7.11 Å². The number of esters is 1. The van der Waals surface area contributed by atoms with Gasteiger partial charge in [0.25, 0.3) is 0 Å². The van der Waals surface area contributed by atoms with Crippen molar-refractivity contribution in [3.8, 4) is 0 Å². The lowest BCUT2D eigenvalue weighted by atomic mass is 9.69. The predicted octanol–water partition coefficient (Wildman–Crippen LogP) is 1.85. The molecule has 86 valence electrons. The third-order valence-corrected chi connectivity index (χ3v) is 3.41. The molecule has 1 aromatic rings. The third-order valence-electron chi connectivity index (χ3n) is 3.41. The van der Waals surface area contributed by atoms with Crippen molar-refractivity contribution >= 4 is 5.97 Å². The molecule has 1 N–H and O–H groups in total. The van der Waals surface area contributed by atoms with E-state index in [1.807, 2.05) is 18.2 Å². The molecule has 3 heteroatoms. The van der Waals surface area contributed by atoms with Crippen LogP contribution in [0.1, 0.15) is 24.8 Å². The number of aliphatic hydroxyl groups is 1. The van der Waals surface area contributed by atoms with Crippen LogP contribution in [-0.2, 0) is 15.1 Å². The van der Waals surface area contributed by atoms with Gasteiger partial charge in [-0.1, -0.05) is 36.8 Å². The molecule has 3 nitrogen and oxygen atoms in total. The number of hydrogen-bond acceptors (Lipinski definition) is 3. The van der Waals surface area contributed by atoms with Crippen LogP contribution in [0.25, 0.3) is 0 Å². The zero-order valence-corrected chi connectivity index (χ0v) is 9.35. The minimum absolute atomic E-state index is 0.0117. The Kier molecular flexibility index (Phi) is 2.97. The van der Waals surface area contributed by atoms with E-state index in [4.69, 9.17) is 4.74 Å². The van der Waals surface area contributed by atoms with Gasteiger partial charge in [-0.3, -0.25) is 0 Å². The summed E-state index contributed by atoms with van der Waals surface area (Å²) >= 11 is 0. The highest BCUT2D eigenvalue weighted by atomic mass is 16.5. The van der Waals surface area contributed by atoms with Crippen LogP contribution >= 0.6 is 0 Å². The van der Waals surface area contributed by atoms with Crippen LogP contribution in [0.5, 0.6) is 0 Å². The highest BCUT2D eigenvalue weighted by Gasteiger charge is 2.48. The number of ether oxygens (including phenoxy) is 1. The van der Waals surface area contributed by atoms with Crippen LogP contribution in [0.4, 0.5) is 0 Å². The van der Waals surface area contributed by atoms with Crippen LogP contribution < -0.4 is 0 Å². The van der Waals surface area contributed by atoms with E-state index in [9.17, 15) is 9.90 Å². The molecule has 1 aromatic carbocycles. The second-order valence-electron chi connectivity index (χ2n) is 4.25. The molecule has 2 rings (SSSR count). The maximum Gasteiger partial charge on any atom is 0.342 e. The molecule has 0 radical (unpaired) electrons. The topological polar surface area (TPSA) is 46.5 Å². The lowest BCUT2D eigenvalue weighted by Gasteiger charge is -2.39. The van der Waals surface area contributed by atoms with Crippen LogP contribution in [0.2, 0.25) is 0 Å². The number of benzene rings is 1. The molecule has 1 aliphatic rings. The van der Waals surface area contributed by atoms with Crippen molar-refractivity contribution in [1.82, 2.24) is 0 Å². The van der Waals surface area contributed by atoms with E-state index in [1.165, 1.54) is 7.11 Å². The summed E-state index contributed by atoms with van der Waals surface area (Å²) in [4.78, 5) is 11.8. The summed E-state index contributed by atoms with van der Waals surface area (Å²) in [6.07, 6.45) is 2.82. The Bertz CT molecular complexity index is 370. The average Bonchev–Trinajstić information content (AvgIpc) is 2.26. The summed E-state index contributed by atoms with van der Waals surface area (Å²) in [7, 11) is 1.31. The fraction of sp³-hybridized carbons (Fsp3) is 0.462. The van der Waals surface area contributed by atoms with Crippen LogP contribution in [-0.4, -0.2) is 18.2 Å². The molecule has 0 saturated heterocycles. The maximum atomic E-state index is 11.8. The lowest BCUT2D eigenvalue weighted by Crippen LogP contribution is -2.46. The summed E-state index contributed by atoms with van der Waals surface area (Å²) in [5.74, 6) is -0.564. The molecule has 1 aliphatic carbocycles. The molecule has 0 aromatic heterocycles. The van der Waals surface area contributed by atoms with E-state index in [0.29, 0.717) is 5.56 Å². The van der Waals surface area contributed by atoms with E-state index in [2.05, 4.69) is 0 Å². The van der Waals surface area contributed by atoms with E-state index in [-0.39, 0.29) is 5.92 Å². The van der Waals surface area contributed by atoms with E-state index in [0.717, 1.165) is 19.3 Å². The monoisotopic (exact) mass is 220 g/mol. The first kappa shape index (κ1) is 11.1. The minimum Gasteiger partial charge on any atom is -0.467 e. The molecule has 0 unspecified atom stereocenters. The number of hydrogen-bond donors (Lipinski definition) is 1. The number of carbonyl (C=O) groups is 1. The molecular weight excluding hydrogens is 204 g/mol. The standard InChI is InChI=1S/C13H16O3/c1-16-12(14)13(15,11-8-5-9-11)10-6-3-2-4-7-10/h2-4,6-7,11,15H,5,8-9H2,1H3/t13-/m0/s1. The molecule has 16 heavy (non-hydrogen) atoms. The Morgan fingerprint density at radius 1 is 1.38 bits per heavy atom. The van der Waals surface area contributed by atoms with Gasteiger partial charge in [-0.2, -0.15) is 0 Å². The second-order valence-corrected chi connectivity index (χ2v) is 4.25. The first-order valence-electron chi connectivity index (χ1n) is 5.56. The van der Waals surface area contributed by atoms with E-state index >= 15 is 0 Å². The molecule has 0 amide bonds. The number of methoxy groups -OCH3 is 1. The van der Waals surface area contributed by atoms with Crippen LogP contribution in [0.15, 0.2) is 30.3 Å². The molecular formula is C13H16O3.